The second-order valence-electron chi connectivity index (χ2n) is 5.72. The van der Waals surface area contributed by atoms with Crippen molar-refractivity contribution in [3.05, 3.63) is 53.6 Å². The number of benzene rings is 2. The van der Waals surface area contributed by atoms with Gasteiger partial charge in [0.05, 0.1) is 12.7 Å². The Bertz CT molecular complexity index is 902. The van der Waals surface area contributed by atoms with Crippen LogP contribution < -0.4 is 20.5 Å². The maximum absolute atomic E-state index is 12.4. The number of hydrogen-bond acceptors (Lipinski definition) is 6. The summed E-state index contributed by atoms with van der Waals surface area (Å²) in [4.78, 5) is 35.5. The summed E-state index contributed by atoms with van der Waals surface area (Å²) >= 11 is 0. The summed E-state index contributed by atoms with van der Waals surface area (Å²) in [7, 11) is 1.22. The van der Waals surface area contributed by atoms with Crippen LogP contribution in [0.1, 0.15) is 27.6 Å². The van der Waals surface area contributed by atoms with Crippen molar-refractivity contribution in [3.63, 3.8) is 0 Å². The molecule has 0 radical (unpaired) electrons. The second-order valence-corrected chi connectivity index (χ2v) is 5.72. The zero-order valence-electron chi connectivity index (χ0n) is 15.5. The van der Waals surface area contributed by atoms with Crippen molar-refractivity contribution in [3.8, 4) is 11.5 Å². The van der Waals surface area contributed by atoms with Crippen LogP contribution in [0.4, 0.5) is 14.5 Å². The fourth-order valence-corrected chi connectivity index (χ4v) is 2.23. The van der Waals surface area contributed by atoms with Gasteiger partial charge in [0, 0.05) is 11.3 Å². The van der Waals surface area contributed by atoms with Gasteiger partial charge in [-0.25, -0.2) is 4.79 Å². The van der Waals surface area contributed by atoms with E-state index < -0.39 is 30.5 Å². The maximum atomic E-state index is 12.4. The van der Waals surface area contributed by atoms with Gasteiger partial charge in [0.1, 0.15) is 0 Å². The van der Waals surface area contributed by atoms with E-state index in [1.165, 1.54) is 44.4 Å². The Morgan fingerprint density at radius 2 is 1.62 bits per heavy atom. The van der Waals surface area contributed by atoms with Crippen molar-refractivity contribution in [1.29, 1.82) is 0 Å². The van der Waals surface area contributed by atoms with Crippen molar-refractivity contribution in [2.75, 3.05) is 12.4 Å². The molecule has 2 aromatic rings. The van der Waals surface area contributed by atoms with E-state index in [9.17, 15) is 23.2 Å². The largest absolute Gasteiger partial charge is 0.493 e. The highest BCUT2D eigenvalue weighted by Crippen LogP contribution is 2.29. The predicted octanol–water partition coefficient (Wildman–Crippen LogP) is 2.58. The van der Waals surface area contributed by atoms with Crippen molar-refractivity contribution in [2.24, 2.45) is 5.73 Å². The van der Waals surface area contributed by atoms with Crippen LogP contribution in [0.25, 0.3) is 0 Å². The number of carbonyl (C=O) groups excluding carboxylic acids is 3. The Kier molecular flexibility index (Phi) is 7.07. The lowest BCUT2D eigenvalue weighted by Gasteiger charge is -2.15. The molecule has 0 unspecified atom stereocenters. The average Bonchev–Trinajstić information content (AvgIpc) is 2.68. The molecule has 0 spiro atoms. The van der Waals surface area contributed by atoms with E-state index >= 15 is 0 Å². The van der Waals surface area contributed by atoms with Crippen LogP contribution in [-0.4, -0.2) is 37.6 Å². The Morgan fingerprint density at radius 1 is 1.00 bits per heavy atom. The SMILES string of the molecule is COc1cc(C(=O)O[C@@H](C)C(=O)Nc2ccc(C(N)=O)cc2)ccc1OC(F)F. The van der Waals surface area contributed by atoms with E-state index in [0.717, 1.165) is 12.1 Å². The molecule has 2 aromatic carbocycles. The fourth-order valence-electron chi connectivity index (χ4n) is 2.23. The van der Waals surface area contributed by atoms with Crippen LogP contribution in [0.5, 0.6) is 11.5 Å². The van der Waals surface area contributed by atoms with Crippen molar-refractivity contribution in [2.45, 2.75) is 19.6 Å². The molecule has 1 atom stereocenters. The molecule has 3 N–H and O–H groups in total. The standard InChI is InChI=1S/C19H18F2N2O6/c1-10(17(25)23-13-6-3-11(4-7-13)16(22)24)28-18(26)12-5-8-14(29-19(20)21)15(9-12)27-2/h3-10,19H,1-2H3,(H2,22,24)(H,23,25)/t10-/m0/s1. The van der Waals surface area contributed by atoms with Crippen LogP contribution in [-0.2, 0) is 9.53 Å². The second kappa shape index (κ2) is 9.49. The molecule has 2 rings (SSSR count). The van der Waals surface area contributed by atoms with Crippen LogP contribution in [0, 0.1) is 0 Å². The zero-order chi connectivity index (χ0) is 21.6. The van der Waals surface area contributed by atoms with Crippen LogP contribution >= 0.6 is 0 Å². The lowest BCUT2D eigenvalue weighted by atomic mass is 10.2. The Morgan fingerprint density at radius 3 is 2.17 bits per heavy atom. The summed E-state index contributed by atoms with van der Waals surface area (Å²) in [6, 6.07) is 9.31. The van der Waals surface area contributed by atoms with Gasteiger partial charge in [-0.05, 0) is 49.4 Å². The number of hydrogen-bond donors (Lipinski definition) is 2. The van der Waals surface area contributed by atoms with Gasteiger partial charge >= 0.3 is 12.6 Å². The van der Waals surface area contributed by atoms with Crippen LogP contribution in [0.2, 0.25) is 0 Å². The normalized spacial score (nSPS) is 11.5. The number of anilines is 1. The number of primary amides is 1. The Labute approximate surface area is 164 Å². The molecule has 10 heteroatoms. The number of esters is 1. The summed E-state index contributed by atoms with van der Waals surface area (Å²) in [6.45, 7) is -1.70. The van der Waals surface area contributed by atoms with Gasteiger partial charge in [0.15, 0.2) is 17.6 Å². The third-order valence-electron chi connectivity index (χ3n) is 3.71. The molecule has 0 bridgehead atoms. The molecule has 29 heavy (non-hydrogen) atoms. The van der Waals surface area contributed by atoms with Crippen molar-refractivity contribution >= 4 is 23.5 Å². The smallest absolute Gasteiger partial charge is 0.387 e. The van der Waals surface area contributed by atoms with E-state index in [-0.39, 0.29) is 22.6 Å². The van der Waals surface area contributed by atoms with Crippen molar-refractivity contribution in [1.82, 2.24) is 0 Å². The lowest BCUT2D eigenvalue weighted by Crippen LogP contribution is -2.30. The zero-order valence-corrected chi connectivity index (χ0v) is 15.5. The minimum absolute atomic E-state index is 0.0195. The third kappa shape index (κ3) is 5.89. The summed E-state index contributed by atoms with van der Waals surface area (Å²) in [5, 5.41) is 2.52. The molecule has 8 nitrogen and oxygen atoms in total. The minimum Gasteiger partial charge on any atom is -0.493 e. The number of amides is 2. The first-order valence-corrected chi connectivity index (χ1v) is 8.25. The van der Waals surface area contributed by atoms with E-state index in [0.29, 0.717) is 5.69 Å². The topological polar surface area (TPSA) is 117 Å². The molecular formula is C19H18F2N2O6. The van der Waals surface area contributed by atoms with Gasteiger partial charge < -0.3 is 25.3 Å². The van der Waals surface area contributed by atoms with Gasteiger partial charge in [-0.3, -0.25) is 9.59 Å². The summed E-state index contributed by atoms with van der Waals surface area (Å²) in [5.41, 5.74) is 5.77. The van der Waals surface area contributed by atoms with Crippen LogP contribution in [0.15, 0.2) is 42.5 Å². The van der Waals surface area contributed by atoms with Gasteiger partial charge in [-0.2, -0.15) is 8.78 Å². The molecule has 0 aromatic heterocycles. The number of rotatable bonds is 8. The first-order valence-electron chi connectivity index (χ1n) is 8.25. The van der Waals surface area contributed by atoms with Gasteiger partial charge in [-0.15, -0.1) is 0 Å². The number of nitrogens with one attached hydrogen (secondary N) is 1. The van der Waals surface area contributed by atoms with Gasteiger partial charge in [0.25, 0.3) is 5.91 Å². The van der Waals surface area contributed by atoms with Crippen molar-refractivity contribution < 1.29 is 37.4 Å². The average molecular weight is 408 g/mol. The molecule has 0 fully saturated rings. The highest BCUT2D eigenvalue weighted by Gasteiger charge is 2.21. The molecule has 0 saturated heterocycles. The van der Waals surface area contributed by atoms with Crippen LogP contribution in [0.3, 0.4) is 0 Å². The number of halogens is 2. The molecular weight excluding hydrogens is 390 g/mol. The summed E-state index contributed by atoms with van der Waals surface area (Å²) in [6.07, 6.45) is -1.17. The highest BCUT2D eigenvalue weighted by molar-refractivity contribution is 5.98. The highest BCUT2D eigenvalue weighted by atomic mass is 19.3. The Hall–Kier alpha value is -3.69. The van der Waals surface area contributed by atoms with Gasteiger partial charge in [-0.1, -0.05) is 0 Å². The number of carbonyl (C=O) groups is 3. The molecule has 2 amide bonds. The predicted molar refractivity (Wildman–Crippen MR) is 98.1 cm³/mol. The minimum atomic E-state index is -3.05. The summed E-state index contributed by atoms with van der Waals surface area (Å²) in [5.74, 6) is -2.42. The lowest BCUT2D eigenvalue weighted by molar-refractivity contribution is -0.123. The molecule has 0 heterocycles. The molecule has 0 saturated carbocycles. The number of methoxy groups -OCH3 is 1. The number of alkyl halides is 2. The van der Waals surface area contributed by atoms with E-state index in [1.54, 1.807) is 0 Å². The number of nitrogens with two attached hydrogens (primary N) is 1. The van der Waals surface area contributed by atoms with E-state index in [4.69, 9.17) is 15.2 Å². The van der Waals surface area contributed by atoms with Gasteiger partial charge in [0.2, 0.25) is 5.91 Å². The molecule has 0 aliphatic carbocycles. The number of ether oxygens (including phenoxy) is 3. The maximum Gasteiger partial charge on any atom is 0.387 e. The first kappa shape index (κ1) is 21.6. The molecule has 0 aliphatic rings. The quantitative estimate of drug-likeness (QED) is 0.649. The molecule has 154 valence electrons. The van der Waals surface area contributed by atoms with E-state index in [2.05, 4.69) is 10.1 Å². The third-order valence-corrected chi connectivity index (χ3v) is 3.71. The first-order chi connectivity index (χ1) is 13.7. The molecule has 0 aliphatic heterocycles. The Balaban J connectivity index is 2.02. The monoisotopic (exact) mass is 408 g/mol. The summed E-state index contributed by atoms with van der Waals surface area (Å²) < 4.78 is 39.0. The van der Waals surface area contributed by atoms with E-state index in [1.807, 2.05) is 0 Å². The fraction of sp³-hybridized carbons (Fsp3) is 0.211.